The number of unbranched alkanes of at least 4 members (excludes halogenated alkanes) is 5. The Morgan fingerprint density at radius 3 is 2.69 bits per heavy atom. The first-order valence-electron chi connectivity index (χ1n) is 6.67. The Balaban J connectivity index is 1.74. The maximum Gasteiger partial charge on any atom is 0.185 e. The average molecular weight is 227 g/mol. The third-order valence-electron chi connectivity index (χ3n) is 2.75. The van der Waals surface area contributed by atoms with Crippen LogP contribution in [-0.4, -0.2) is 32.3 Å². The third-order valence-corrected chi connectivity index (χ3v) is 2.75. The molecule has 0 bridgehead atoms. The molecule has 0 aromatic rings. The van der Waals surface area contributed by atoms with E-state index in [2.05, 4.69) is 11.9 Å². The van der Waals surface area contributed by atoms with Crippen LogP contribution in [0.3, 0.4) is 0 Å². The van der Waals surface area contributed by atoms with E-state index < -0.39 is 0 Å². The number of ether oxygens (including phenoxy) is 2. The van der Waals surface area contributed by atoms with E-state index >= 15 is 0 Å². The summed E-state index contributed by atoms with van der Waals surface area (Å²) in [4.78, 5) is 4.22. The van der Waals surface area contributed by atoms with Gasteiger partial charge in [0.2, 0.25) is 0 Å². The van der Waals surface area contributed by atoms with Gasteiger partial charge in [-0.25, -0.2) is 0 Å². The highest BCUT2D eigenvalue weighted by atomic mass is 16.5. The molecule has 1 heterocycles. The monoisotopic (exact) mass is 227 g/mol. The summed E-state index contributed by atoms with van der Waals surface area (Å²) in [6, 6.07) is 0. The summed E-state index contributed by atoms with van der Waals surface area (Å²) in [7, 11) is 0. The van der Waals surface area contributed by atoms with E-state index in [1.807, 2.05) is 0 Å². The van der Waals surface area contributed by atoms with Gasteiger partial charge in [-0.1, -0.05) is 39.0 Å². The lowest BCUT2D eigenvalue weighted by Gasteiger charge is -2.04. The fraction of sp³-hybridized carbons (Fsp3) is 0.923. The van der Waals surface area contributed by atoms with Gasteiger partial charge >= 0.3 is 0 Å². The number of nitrogens with zero attached hydrogens (tertiary/aromatic N) is 1. The highest BCUT2D eigenvalue weighted by Gasteiger charge is 2.05. The highest BCUT2D eigenvalue weighted by molar-refractivity contribution is 5.77. The van der Waals surface area contributed by atoms with Crippen molar-refractivity contribution >= 4 is 5.90 Å². The molecule has 0 aromatic carbocycles. The van der Waals surface area contributed by atoms with E-state index in [0.29, 0.717) is 0 Å². The number of aliphatic imine (C=N–C) groups is 1. The Hall–Kier alpha value is -0.570. The van der Waals surface area contributed by atoms with Crippen molar-refractivity contribution in [1.82, 2.24) is 0 Å². The summed E-state index contributed by atoms with van der Waals surface area (Å²) in [6.45, 7) is 5.48. The topological polar surface area (TPSA) is 30.8 Å². The first-order valence-corrected chi connectivity index (χ1v) is 6.67. The van der Waals surface area contributed by atoms with Gasteiger partial charge in [0.25, 0.3) is 0 Å². The van der Waals surface area contributed by atoms with E-state index in [4.69, 9.17) is 9.47 Å². The molecule has 3 heteroatoms. The molecule has 0 amide bonds. The van der Waals surface area contributed by atoms with Gasteiger partial charge in [-0.3, -0.25) is 4.99 Å². The summed E-state index contributed by atoms with van der Waals surface area (Å²) in [5.74, 6) is 0.878. The molecule has 0 aromatic heterocycles. The Morgan fingerprint density at radius 2 is 1.94 bits per heavy atom. The van der Waals surface area contributed by atoms with Crippen molar-refractivity contribution in [3.63, 3.8) is 0 Å². The predicted octanol–water partition coefficient (Wildman–Crippen LogP) is 3.18. The zero-order valence-electron chi connectivity index (χ0n) is 10.5. The second-order valence-corrected chi connectivity index (χ2v) is 4.25. The van der Waals surface area contributed by atoms with Gasteiger partial charge in [0.1, 0.15) is 6.61 Å². The smallest absolute Gasteiger partial charge is 0.185 e. The SMILES string of the molecule is CCCCCCCCOCCC1=NCCO1. The Kier molecular flexibility index (Phi) is 8.13. The Labute approximate surface area is 99.2 Å². The van der Waals surface area contributed by atoms with Crippen LogP contribution in [0.5, 0.6) is 0 Å². The minimum absolute atomic E-state index is 0.757. The lowest BCUT2D eigenvalue weighted by Crippen LogP contribution is -2.05. The van der Waals surface area contributed by atoms with Crippen LogP contribution >= 0.6 is 0 Å². The first-order chi connectivity index (χ1) is 7.93. The third kappa shape index (κ3) is 6.83. The summed E-state index contributed by atoms with van der Waals surface area (Å²) in [5.41, 5.74) is 0. The summed E-state index contributed by atoms with van der Waals surface area (Å²) in [5, 5.41) is 0. The van der Waals surface area contributed by atoms with Gasteiger partial charge < -0.3 is 9.47 Å². The maximum absolute atomic E-state index is 5.54. The number of hydrogen-bond donors (Lipinski definition) is 0. The molecule has 0 atom stereocenters. The van der Waals surface area contributed by atoms with E-state index in [0.717, 1.165) is 38.7 Å². The van der Waals surface area contributed by atoms with Crippen LogP contribution in [-0.2, 0) is 9.47 Å². The van der Waals surface area contributed by atoms with E-state index in [1.54, 1.807) is 0 Å². The van der Waals surface area contributed by atoms with E-state index in [1.165, 1.54) is 38.5 Å². The van der Waals surface area contributed by atoms with Crippen molar-refractivity contribution in [1.29, 1.82) is 0 Å². The summed E-state index contributed by atoms with van der Waals surface area (Å²) < 4.78 is 10.8. The normalized spacial score (nSPS) is 14.9. The van der Waals surface area contributed by atoms with Crippen molar-refractivity contribution < 1.29 is 9.47 Å². The summed E-state index contributed by atoms with van der Waals surface area (Å²) >= 11 is 0. The van der Waals surface area contributed by atoms with Crippen LogP contribution in [0.2, 0.25) is 0 Å². The van der Waals surface area contributed by atoms with Crippen molar-refractivity contribution in [2.75, 3.05) is 26.4 Å². The minimum atomic E-state index is 0.757. The molecule has 94 valence electrons. The van der Waals surface area contributed by atoms with Crippen molar-refractivity contribution in [3.05, 3.63) is 0 Å². The molecule has 1 aliphatic heterocycles. The van der Waals surface area contributed by atoms with E-state index in [-0.39, 0.29) is 0 Å². The molecule has 0 spiro atoms. The molecular weight excluding hydrogens is 202 g/mol. The molecular formula is C13H25NO2. The fourth-order valence-electron chi connectivity index (χ4n) is 1.78. The number of hydrogen-bond acceptors (Lipinski definition) is 3. The van der Waals surface area contributed by atoms with E-state index in [9.17, 15) is 0 Å². The van der Waals surface area contributed by atoms with Crippen molar-refractivity contribution in [3.8, 4) is 0 Å². The quantitative estimate of drug-likeness (QED) is 0.537. The second-order valence-electron chi connectivity index (χ2n) is 4.25. The van der Waals surface area contributed by atoms with Gasteiger partial charge in [0, 0.05) is 13.0 Å². The zero-order chi connectivity index (χ0) is 11.5. The van der Waals surface area contributed by atoms with Gasteiger partial charge in [-0.2, -0.15) is 0 Å². The van der Waals surface area contributed by atoms with Crippen LogP contribution in [0.25, 0.3) is 0 Å². The molecule has 1 aliphatic rings. The van der Waals surface area contributed by atoms with Crippen LogP contribution in [0.15, 0.2) is 4.99 Å². The zero-order valence-corrected chi connectivity index (χ0v) is 10.5. The minimum Gasteiger partial charge on any atom is -0.479 e. The molecule has 0 N–H and O–H groups in total. The van der Waals surface area contributed by atoms with Crippen LogP contribution in [0.1, 0.15) is 51.9 Å². The number of rotatable bonds is 10. The van der Waals surface area contributed by atoms with Crippen LogP contribution < -0.4 is 0 Å². The lowest BCUT2D eigenvalue weighted by molar-refractivity contribution is 0.133. The van der Waals surface area contributed by atoms with Gasteiger partial charge in [-0.15, -0.1) is 0 Å². The molecule has 3 nitrogen and oxygen atoms in total. The molecule has 0 radical (unpaired) electrons. The molecule has 0 saturated carbocycles. The standard InChI is InChI=1S/C13H25NO2/c1-2-3-4-5-6-7-10-15-11-8-13-14-9-12-16-13/h2-12H2,1H3. The van der Waals surface area contributed by atoms with Gasteiger partial charge in [0.05, 0.1) is 13.2 Å². The Bertz CT molecular complexity index is 192. The molecule has 0 unspecified atom stereocenters. The molecule has 0 fully saturated rings. The molecule has 16 heavy (non-hydrogen) atoms. The van der Waals surface area contributed by atoms with Crippen LogP contribution in [0.4, 0.5) is 0 Å². The van der Waals surface area contributed by atoms with Crippen molar-refractivity contribution in [2.45, 2.75) is 51.9 Å². The maximum atomic E-state index is 5.54. The lowest BCUT2D eigenvalue weighted by atomic mass is 10.1. The fourth-order valence-corrected chi connectivity index (χ4v) is 1.78. The van der Waals surface area contributed by atoms with Crippen molar-refractivity contribution in [2.24, 2.45) is 4.99 Å². The second kappa shape index (κ2) is 9.64. The average Bonchev–Trinajstić information content (AvgIpc) is 2.80. The molecule has 0 saturated heterocycles. The predicted molar refractivity (Wildman–Crippen MR) is 67.1 cm³/mol. The molecule has 1 rings (SSSR count). The summed E-state index contributed by atoms with van der Waals surface area (Å²) in [6.07, 6.45) is 8.76. The largest absolute Gasteiger partial charge is 0.479 e. The Morgan fingerprint density at radius 1 is 1.12 bits per heavy atom. The molecule has 0 aliphatic carbocycles. The van der Waals surface area contributed by atoms with Gasteiger partial charge in [-0.05, 0) is 6.42 Å². The highest BCUT2D eigenvalue weighted by Crippen LogP contribution is 2.05. The first kappa shape index (κ1) is 13.5. The van der Waals surface area contributed by atoms with Crippen LogP contribution in [0, 0.1) is 0 Å². The van der Waals surface area contributed by atoms with Gasteiger partial charge in [0.15, 0.2) is 5.90 Å².